The van der Waals surface area contributed by atoms with Gasteiger partial charge in [-0.3, -0.25) is 0 Å². The molecular weight excluding hydrogens is 124 g/mol. The van der Waals surface area contributed by atoms with Crippen LogP contribution in [0.1, 0.15) is 6.92 Å². The number of hydrogen-bond donors (Lipinski definition) is 0. The Labute approximate surface area is 51.5 Å². The van der Waals surface area contributed by atoms with Crippen LogP contribution in [-0.4, -0.2) is 30.4 Å². The van der Waals surface area contributed by atoms with Crippen LogP contribution >= 0.6 is 0 Å². The van der Waals surface area contributed by atoms with Crippen LogP contribution in [0.2, 0.25) is 0 Å². The van der Waals surface area contributed by atoms with Gasteiger partial charge in [0.25, 0.3) is 0 Å². The van der Waals surface area contributed by atoms with Gasteiger partial charge in [0.05, 0.1) is 0 Å². The predicted molar refractivity (Wildman–Crippen MR) is 32.8 cm³/mol. The molecule has 0 saturated heterocycles. The molecule has 0 aliphatic rings. The largest absolute Gasteiger partial charge is 0.483 e. The second kappa shape index (κ2) is 5.24. The van der Waals surface area contributed by atoms with Crippen molar-refractivity contribution < 1.29 is 13.3 Å². The molecule has 0 aromatic heterocycles. The molecule has 0 amide bonds. The molecule has 0 heterocycles. The average molecular weight is 136 g/mol. The number of rotatable bonds is 4. The molecule has 50 valence electrons. The van der Waals surface area contributed by atoms with E-state index in [1.807, 2.05) is 6.92 Å². The molecule has 3 nitrogen and oxygen atoms in total. The normalized spacial score (nSPS) is 10.5. The minimum atomic E-state index is -1.69. The summed E-state index contributed by atoms with van der Waals surface area (Å²) < 4.78 is 14.7. The maximum absolute atomic E-state index is 5.03. The van der Waals surface area contributed by atoms with Gasteiger partial charge >= 0.3 is 9.53 Å². The topological polar surface area (TPSA) is 27.7 Å². The summed E-state index contributed by atoms with van der Waals surface area (Å²) >= 11 is 0. The van der Waals surface area contributed by atoms with Crippen molar-refractivity contribution in [2.24, 2.45) is 0 Å². The fourth-order valence-electron chi connectivity index (χ4n) is 0.368. The lowest BCUT2D eigenvalue weighted by atomic mass is 10.9. The summed E-state index contributed by atoms with van der Waals surface area (Å²) in [6.07, 6.45) is 0. The molecule has 0 saturated carbocycles. The van der Waals surface area contributed by atoms with Gasteiger partial charge in [0.15, 0.2) is 0 Å². The molecule has 0 rings (SSSR count). The molecule has 0 fully saturated rings. The molecule has 0 bridgehead atoms. The van der Waals surface area contributed by atoms with Crippen LogP contribution in [0.4, 0.5) is 0 Å². The van der Waals surface area contributed by atoms with Crippen molar-refractivity contribution in [2.75, 3.05) is 20.8 Å². The maximum atomic E-state index is 5.03. The van der Waals surface area contributed by atoms with E-state index in [-0.39, 0.29) is 0 Å². The summed E-state index contributed by atoms with van der Waals surface area (Å²) in [6.45, 7) is 2.58. The highest BCUT2D eigenvalue weighted by Gasteiger charge is 2.07. The first-order valence-electron chi connectivity index (χ1n) is 2.52. The van der Waals surface area contributed by atoms with E-state index >= 15 is 0 Å². The highest BCUT2D eigenvalue weighted by Crippen LogP contribution is 1.85. The zero-order valence-corrected chi connectivity index (χ0v) is 6.66. The standard InChI is InChI=1S/C4H12O3Si/c1-4-7-8(5-2)6-3/h8H,4H2,1-3H3. The Morgan fingerprint density at radius 1 is 1.25 bits per heavy atom. The average Bonchev–Trinajstić information content (AvgIpc) is 1.83. The van der Waals surface area contributed by atoms with Gasteiger partial charge in [-0.15, -0.1) is 0 Å². The summed E-state index contributed by atoms with van der Waals surface area (Å²) in [4.78, 5) is 0. The Hall–Kier alpha value is 0.0969. The minimum Gasteiger partial charge on any atom is -0.379 e. The van der Waals surface area contributed by atoms with Crippen molar-refractivity contribution in [3.05, 3.63) is 0 Å². The van der Waals surface area contributed by atoms with Crippen LogP contribution in [0.25, 0.3) is 0 Å². The Kier molecular flexibility index (Phi) is 5.30. The zero-order chi connectivity index (χ0) is 6.41. The van der Waals surface area contributed by atoms with Crippen molar-refractivity contribution in [3.63, 3.8) is 0 Å². The van der Waals surface area contributed by atoms with Gasteiger partial charge < -0.3 is 13.3 Å². The van der Waals surface area contributed by atoms with Gasteiger partial charge in [-0.1, -0.05) is 0 Å². The third-order valence-corrected chi connectivity index (χ3v) is 2.06. The van der Waals surface area contributed by atoms with Crippen LogP contribution < -0.4 is 0 Å². The minimum absolute atomic E-state index is 0.665. The van der Waals surface area contributed by atoms with Gasteiger partial charge in [-0.2, -0.15) is 0 Å². The van der Waals surface area contributed by atoms with Crippen LogP contribution in [0.15, 0.2) is 0 Å². The molecule has 0 aliphatic carbocycles. The summed E-state index contributed by atoms with van der Waals surface area (Å²) in [5.41, 5.74) is 0. The van der Waals surface area contributed by atoms with Crippen LogP contribution in [-0.2, 0) is 13.3 Å². The quantitative estimate of drug-likeness (QED) is 0.510. The lowest BCUT2D eigenvalue weighted by Gasteiger charge is -2.08. The molecule has 8 heavy (non-hydrogen) atoms. The molecule has 0 aromatic rings. The molecule has 0 unspecified atom stereocenters. The van der Waals surface area contributed by atoms with Crippen molar-refractivity contribution in [3.8, 4) is 0 Å². The molecule has 0 aliphatic heterocycles. The first-order valence-corrected chi connectivity index (χ1v) is 3.93. The molecule has 0 radical (unpaired) electrons. The van der Waals surface area contributed by atoms with Crippen molar-refractivity contribution in [1.29, 1.82) is 0 Å². The van der Waals surface area contributed by atoms with E-state index in [9.17, 15) is 0 Å². The van der Waals surface area contributed by atoms with Crippen molar-refractivity contribution >= 4 is 9.53 Å². The van der Waals surface area contributed by atoms with Crippen LogP contribution in [0, 0.1) is 0 Å². The number of hydrogen-bond acceptors (Lipinski definition) is 3. The van der Waals surface area contributed by atoms with Gasteiger partial charge in [-0.25, -0.2) is 0 Å². The first kappa shape index (κ1) is 8.10. The summed E-state index contributed by atoms with van der Waals surface area (Å²) in [7, 11) is 1.49. The third kappa shape index (κ3) is 3.14. The van der Waals surface area contributed by atoms with E-state index in [0.717, 1.165) is 0 Å². The fourth-order valence-corrected chi connectivity index (χ4v) is 1.11. The van der Waals surface area contributed by atoms with E-state index in [0.29, 0.717) is 6.61 Å². The van der Waals surface area contributed by atoms with Crippen molar-refractivity contribution in [2.45, 2.75) is 6.92 Å². The van der Waals surface area contributed by atoms with Crippen molar-refractivity contribution in [1.82, 2.24) is 0 Å². The molecular formula is C4H12O3Si. The fraction of sp³-hybridized carbons (Fsp3) is 1.00. The predicted octanol–water partition coefficient (Wildman–Crippen LogP) is 0.0329. The highest BCUT2D eigenvalue weighted by molar-refractivity contribution is 6.36. The van der Waals surface area contributed by atoms with Crippen LogP contribution in [0.3, 0.4) is 0 Å². The zero-order valence-electron chi connectivity index (χ0n) is 5.51. The first-order chi connectivity index (χ1) is 3.85. The molecule has 0 N–H and O–H groups in total. The van der Waals surface area contributed by atoms with Crippen LogP contribution in [0.5, 0.6) is 0 Å². The SMILES string of the molecule is CCO[SiH](OC)OC. The third-order valence-electron chi connectivity index (χ3n) is 0.688. The lowest BCUT2D eigenvalue weighted by Crippen LogP contribution is -2.23. The molecule has 4 heteroatoms. The van der Waals surface area contributed by atoms with Gasteiger partial charge in [-0.05, 0) is 6.92 Å². The summed E-state index contributed by atoms with van der Waals surface area (Å²) in [5.74, 6) is 0. The molecule has 0 spiro atoms. The molecule has 0 atom stereocenters. The van der Waals surface area contributed by atoms with Gasteiger partial charge in [0.2, 0.25) is 0 Å². The molecule has 0 aromatic carbocycles. The van der Waals surface area contributed by atoms with E-state index in [4.69, 9.17) is 13.3 Å². The summed E-state index contributed by atoms with van der Waals surface area (Å²) in [5, 5.41) is 0. The van der Waals surface area contributed by atoms with E-state index in [1.165, 1.54) is 0 Å². The highest BCUT2D eigenvalue weighted by atomic mass is 28.3. The Morgan fingerprint density at radius 3 is 1.88 bits per heavy atom. The maximum Gasteiger partial charge on any atom is 0.483 e. The van der Waals surface area contributed by atoms with E-state index < -0.39 is 9.53 Å². The lowest BCUT2D eigenvalue weighted by molar-refractivity contribution is 0.142. The summed E-state index contributed by atoms with van der Waals surface area (Å²) in [6, 6.07) is 0. The second-order valence-corrected chi connectivity index (χ2v) is 3.07. The monoisotopic (exact) mass is 136 g/mol. The second-order valence-electron chi connectivity index (χ2n) is 1.22. The van der Waals surface area contributed by atoms with E-state index in [2.05, 4.69) is 0 Å². The Bertz CT molecular complexity index is 46.5. The Morgan fingerprint density at radius 2 is 1.75 bits per heavy atom. The van der Waals surface area contributed by atoms with Gasteiger partial charge in [0, 0.05) is 20.8 Å². The van der Waals surface area contributed by atoms with E-state index in [1.54, 1.807) is 14.2 Å². The Balaban J connectivity index is 3.07. The van der Waals surface area contributed by atoms with Gasteiger partial charge in [0.1, 0.15) is 0 Å². The smallest absolute Gasteiger partial charge is 0.379 e.